The standard InChI is InChI=1S/C14H24N2O/c1-14(2)6-4-3-5-11(14)13(17)16-12-9-7-15-8-10(9)12/h9-12,15H,3-8H2,1-2H3,(H,16,17). The highest BCUT2D eigenvalue weighted by Crippen LogP contribution is 2.44. The number of piperidine rings is 1. The number of carbonyl (C=O) groups excluding carboxylic acids is 1. The third-order valence-electron chi connectivity index (χ3n) is 5.22. The van der Waals surface area contributed by atoms with Crippen LogP contribution < -0.4 is 10.6 Å². The van der Waals surface area contributed by atoms with E-state index in [-0.39, 0.29) is 11.3 Å². The van der Waals surface area contributed by atoms with Crippen LogP contribution in [0.1, 0.15) is 39.5 Å². The largest absolute Gasteiger partial charge is 0.352 e. The van der Waals surface area contributed by atoms with Crippen molar-refractivity contribution in [3.05, 3.63) is 0 Å². The Bertz CT molecular complexity index is 316. The summed E-state index contributed by atoms with van der Waals surface area (Å²) in [5.41, 5.74) is 0.199. The third kappa shape index (κ3) is 1.99. The van der Waals surface area contributed by atoms with Gasteiger partial charge in [-0.2, -0.15) is 0 Å². The van der Waals surface area contributed by atoms with Crippen LogP contribution >= 0.6 is 0 Å². The molecule has 3 aliphatic rings. The molecule has 2 aliphatic carbocycles. The van der Waals surface area contributed by atoms with Gasteiger partial charge < -0.3 is 10.6 Å². The molecule has 2 N–H and O–H groups in total. The highest BCUT2D eigenvalue weighted by Gasteiger charge is 2.54. The molecular formula is C14H24N2O. The highest BCUT2D eigenvalue weighted by molar-refractivity contribution is 5.80. The van der Waals surface area contributed by atoms with E-state index >= 15 is 0 Å². The summed E-state index contributed by atoms with van der Waals surface area (Å²) < 4.78 is 0. The maximum absolute atomic E-state index is 12.4. The monoisotopic (exact) mass is 236 g/mol. The van der Waals surface area contributed by atoms with E-state index in [0.717, 1.165) is 31.3 Å². The number of amides is 1. The zero-order valence-corrected chi connectivity index (χ0v) is 11.0. The lowest BCUT2D eigenvalue weighted by molar-refractivity contribution is -0.130. The molecule has 3 heteroatoms. The van der Waals surface area contributed by atoms with Crippen molar-refractivity contribution in [2.45, 2.75) is 45.6 Å². The van der Waals surface area contributed by atoms with Gasteiger partial charge in [0, 0.05) is 25.0 Å². The fraction of sp³-hybridized carbons (Fsp3) is 0.929. The first kappa shape index (κ1) is 11.5. The Hall–Kier alpha value is -0.570. The lowest BCUT2D eigenvalue weighted by atomic mass is 9.68. The molecule has 3 nitrogen and oxygen atoms in total. The van der Waals surface area contributed by atoms with Crippen molar-refractivity contribution >= 4 is 5.91 Å². The van der Waals surface area contributed by atoms with E-state index < -0.39 is 0 Å². The van der Waals surface area contributed by atoms with Gasteiger partial charge in [-0.3, -0.25) is 4.79 Å². The molecule has 0 radical (unpaired) electrons. The second kappa shape index (κ2) is 3.98. The first-order valence-corrected chi connectivity index (χ1v) is 7.11. The maximum Gasteiger partial charge on any atom is 0.223 e. The summed E-state index contributed by atoms with van der Waals surface area (Å²) in [5, 5.41) is 6.67. The molecule has 0 aromatic heterocycles. The topological polar surface area (TPSA) is 41.1 Å². The number of fused-ring (bicyclic) bond motifs is 1. The fourth-order valence-corrected chi connectivity index (χ4v) is 3.88. The molecule has 17 heavy (non-hydrogen) atoms. The molecule has 1 heterocycles. The molecule has 0 spiro atoms. The highest BCUT2D eigenvalue weighted by atomic mass is 16.2. The Balaban J connectivity index is 1.58. The van der Waals surface area contributed by atoms with Gasteiger partial charge in [-0.1, -0.05) is 26.7 Å². The van der Waals surface area contributed by atoms with Gasteiger partial charge in [0.1, 0.15) is 0 Å². The number of hydrogen-bond donors (Lipinski definition) is 2. The predicted octanol–water partition coefficient (Wildman–Crippen LogP) is 1.54. The van der Waals surface area contributed by atoms with Crippen LogP contribution in [-0.2, 0) is 4.79 Å². The molecule has 1 aliphatic heterocycles. The predicted molar refractivity (Wildman–Crippen MR) is 67.5 cm³/mol. The minimum absolute atomic E-state index is 0.199. The number of nitrogens with one attached hydrogen (secondary N) is 2. The van der Waals surface area contributed by atoms with Crippen molar-refractivity contribution in [1.29, 1.82) is 0 Å². The second-order valence-electron chi connectivity index (χ2n) is 6.81. The van der Waals surface area contributed by atoms with Crippen molar-refractivity contribution in [1.82, 2.24) is 10.6 Å². The number of hydrogen-bond acceptors (Lipinski definition) is 2. The van der Waals surface area contributed by atoms with Crippen LogP contribution in [0.25, 0.3) is 0 Å². The number of rotatable bonds is 2. The van der Waals surface area contributed by atoms with E-state index in [2.05, 4.69) is 24.5 Å². The molecule has 1 amide bonds. The van der Waals surface area contributed by atoms with Crippen LogP contribution in [0, 0.1) is 23.2 Å². The molecule has 0 aromatic rings. The van der Waals surface area contributed by atoms with Gasteiger partial charge in [0.25, 0.3) is 0 Å². The van der Waals surface area contributed by atoms with Gasteiger partial charge in [0.05, 0.1) is 0 Å². The molecule has 0 aromatic carbocycles. The van der Waals surface area contributed by atoms with Gasteiger partial charge in [-0.05, 0) is 30.1 Å². The summed E-state index contributed by atoms with van der Waals surface area (Å²) in [5.74, 6) is 2.02. The minimum Gasteiger partial charge on any atom is -0.352 e. The maximum atomic E-state index is 12.4. The summed E-state index contributed by atoms with van der Waals surface area (Å²) in [6.45, 7) is 6.71. The summed E-state index contributed by atoms with van der Waals surface area (Å²) in [7, 11) is 0. The SMILES string of the molecule is CC1(C)CCCCC1C(=O)NC1C2CNCC21. The Labute approximate surface area is 104 Å². The summed E-state index contributed by atoms with van der Waals surface area (Å²) in [6, 6.07) is 0.487. The Kier molecular flexibility index (Phi) is 2.69. The summed E-state index contributed by atoms with van der Waals surface area (Å²) in [6.07, 6.45) is 4.79. The van der Waals surface area contributed by atoms with Gasteiger partial charge in [-0.25, -0.2) is 0 Å². The molecule has 1 saturated heterocycles. The summed E-state index contributed by atoms with van der Waals surface area (Å²) >= 11 is 0. The Morgan fingerprint density at radius 2 is 1.94 bits per heavy atom. The zero-order chi connectivity index (χ0) is 12.0. The lowest BCUT2D eigenvalue weighted by Gasteiger charge is -2.37. The molecule has 3 unspecified atom stereocenters. The first-order chi connectivity index (χ1) is 8.09. The lowest BCUT2D eigenvalue weighted by Crippen LogP contribution is -2.43. The van der Waals surface area contributed by atoms with E-state index in [4.69, 9.17) is 0 Å². The van der Waals surface area contributed by atoms with Crippen molar-refractivity contribution in [3.63, 3.8) is 0 Å². The molecule has 96 valence electrons. The normalized spacial score (nSPS) is 42.9. The van der Waals surface area contributed by atoms with Crippen LogP contribution in [0.4, 0.5) is 0 Å². The molecule has 3 fully saturated rings. The van der Waals surface area contributed by atoms with Gasteiger partial charge in [0.15, 0.2) is 0 Å². The van der Waals surface area contributed by atoms with Crippen molar-refractivity contribution in [2.24, 2.45) is 23.2 Å². The Morgan fingerprint density at radius 3 is 2.59 bits per heavy atom. The van der Waals surface area contributed by atoms with Gasteiger partial charge in [-0.15, -0.1) is 0 Å². The molecule has 2 saturated carbocycles. The van der Waals surface area contributed by atoms with Crippen LogP contribution in [0.15, 0.2) is 0 Å². The van der Waals surface area contributed by atoms with Gasteiger partial charge >= 0.3 is 0 Å². The van der Waals surface area contributed by atoms with Crippen LogP contribution in [0.5, 0.6) is 0 Å². The van der Waals surface area contributed by atoms with Crippen molar-refractivity contribution < 1.29 is 4.79 Å². The minimum atomic E-state index is 0.199. The van der Waals surface area contributed by atoms with E-state index in [0.29, 0.717) is 11.9 Å². The molecule has 3 rings (SSSR count). The molecular weight excluding hydrogens is 212 g/mol. The molecule has 3 atom stereocenters. The van der Waals surface area contributed by atoms with Crippen LogP contribution in [0.3, 0.4) is 0 Å². The van der Waals surface area contributed by atoms with Gasteiger partial charge in [0.2, 0.25) is 5.91 Å². The number of carbonyl (C=O) groups is 1. The van der Waals surface area contributed by atoms with E-state index in [1.165, 1.54) is 19.3 Å². The average molecular weight is 236 g/mol. The zero-order valence-electron chi connectivity index (χ0n) is 11.0. The van der Waals surface area contributed by atoms with Crippen LogP contribution in [-0.4, -0.2) is 25.0 Å². The van der Waals surface area contributed by atoms with E-state index in [1.54, 1.807) is 0 Å². The Morgan fingerprint density at radius 1 is 1.24 bits per heavy atom. The first-order valence-electron chi connectivity index (χ1n) is 7.11. The van der Waals surface area contributed by atoms with E-state index in [1.807, 2.05) is 0 Å². The second-order valence-corrected chi connectivity index (χ2v) is 6.81. The smallest absolute Gasteiger partial charge is 0.223 e. The average Bonchev–Trinajstić information content (AvgIpc) is 2.74. The summed E-state index contributed by atoms with van der Waals surface area (Å²) in [4.78, 5) is 12.4. The molecule has 0 bridgehead atoms. The quantitative estimate of drug-likeness (QED) is 0.763. The van der Waals surface area contributed by atoms with Crippen LogP contribution in [0.2, 0.25) is 0 Å². The third-order valence-corrected chi connectivity index (χ3v) is 5.22. The fourth-order valence-electron chi connectivity index (χ4n) is 3.88. The van der Waals surface area contributed by atoms with E-state index in [9.17, 15) is 4.79 Å². The van der Waals surface area contributed by atoms with Crippen molar-refractivity contribution in [3.8, 4) is 0 Å². The van der Waals surface area contributed by atoms with Crippen molar-refractivity contribution in [2.75, 3.05) is 13.1 Å².